The quantitative estimate of drug-likeness (QED) is 0.659. The molecule has 0 unspecified atom stereocenters. The molecule has 1 amide bonds. The molecule has 0 atom stereocenters. The van der Waals surface area contributed by atoms with Gasteiger partial charge in [-0.2, -0.15) is 0 Å². The molecule has 0 spiro atoms. The molecule has 0 bridgehead atoms. The van der Waals surface area contributed by atoms with Crippen molar-refractivity contribution in [2.45, 2.75) is 13.1 Å². The highest BCUT2D eigenvalue weighted by Gasteiger charge is 2.20. The van der Waals surface area contributed by atoms with Crippen LogP contribution in [0, 0.1) is 5.82 Å². The Balaban J connectivity index is 1.89. The first-order valence-electron chi connectivity index (χ1n) is 7.44. The largest absolute Gasteiger partial charge is 0.467 e. The molecule has 1 aromatic heterocycles. The van der Waals surface area contributed by atoms with E-state index in [0.29, 0.717) is 18.8 Å². The number of furan rings is 1. The Hall–Kier alpha value is -2.59. The standard InChI is InChI=1S/C19H15ClFNO2/c20-18-11-15(21)8-9-17(18)19(23)22(13-16-7-4-10-24-16)12-14-5-2-1-3-6-14/h1-11H,12-13H2. The monoisotopic (exact) mass is 343 g/mol. The first-order valence-corrected chi connectivity index (χ1v) is 7.82. The Kier molecular flexibility index (Phi) is 4.96. The summed E-state index contributed by atoms with van der Waals surface area (Å²) in [6.45, 7) is 0.697. The minimum Gasteiger partial charge on any atom is -0.467 e. The van der Waals surface area contributed by atoms with Crippen molar-refractivity contribution in [2.75, 3.05) is 0 Å². The Morgan fingerprint density at radius 2 is 1.83 bits per heavy atom. The summed E-state index contributed by atoms with van der Waals surface area (Å²) < 4.78 is 18.6. The summed E-state index contributed by atoms with van der Waals surface area (Å²) in [5, 5.41) is 0.0949. The fourth-order valence-corrected chi connectivity index (χ4v) is 2.68. The average molecular weight is 344 g/mol. The molecule has 0 aliphatic rings. The molecule has 0 aliphatic carbocycles. The molecule has 0 aliphatic heterocycles. The third-order valence-corrected chi connectivity index (χ3v) is 3.90. The van der Waals surface area contributed by atoms with Gasteiger partial charge in [-0.05, 0) is 35.9 Å². The molecular formula is C19H15ClFNO2. The zero-order chi connectivity index (χ0) is 16.9. The molecule has 122 valence electrons. The summed E-state index contributed by atoms with van der Waals surface area (Å²) in [6, 6.07) is 17.0. The van der Waals surface area contributed by atoms with Crippen molar-refractivity contribution in [1.29, 1.82) is 0 Å². The first kappa shape index (κ1) is 16.3. The van der Waals surface area contributed by atoms with Gasteiger partial charge in [0.2, 0.25) is 0 Å². The van der Waals surface area contributed by atoms with Crippen molar-refractivity contribution in [1.82, 2.24) is 4.90 Å². The van der Waals surface area contributed by atoms with Gasteiger partial charge in [0.1, 0.15) is 11.6 Å². The van der Waals surface area contributed by atoms with Crippen molar-refractivity contribution in [2.24, 2.45) is 0 Å². The normalized spacial score (nSPS) is 10.6. The van der Waals surface area contributed by atoms with Gasteiger partial charge in [0.15, 0.2) is 0 Å². The number of rotatable bonds is 5. The fourth-order valence-electron chi connectivity index (χ4n) is 2.43. The predicted octanol–water partition coefficient (Wildman–Crippen LogP) is 4.91. The predicted molar refractivity (Wildman–Crippen MR) is 90.1 cm³/mol. The number of hydrogen-bond donors (Lipinski definition) is 0. The van der Waals surface area contributed by atoms with Crippen LogP contribution in [0.4, 0.5) is 4.39 Å². The average Bonchev–Trinajstić information content (AvgIpc) is 3.08. The van der Waals surface area contributed by atoms with Gasteiger partial charge >= 0.3 is 0 Å². The van der Waals surface area contributed by atoms with E-state index in [1.54, 1.807) is 23.3 Å². The van der Waals surface area contributed by atoms with Gasteiger partial charge in [-0.25, -0.2) is 4.39 Å². The zero-order valence-electron chi connectivity index (χ0n) is 12.8. The van der Waals surface area contributed by atoms with Crippen LogP contribution in [0.1, 0.15) is 21.7 Å². The Labute approximate surface area is 144 Å². The minimum absolute atomic E-state index is 0.0949. The van der Waals surface area contributed by atoms with Crippen LogP contribution in [-0.4, -0.2) is 10.8 Å². The smallest absolute Gasteiger partial charge is 0.256 e. The Morgan fingerprint density at radius 1 is 1.04 bits per heavy atom. The molecule has 0 fully saturated rings. The lowest BCUT2D eigenvalue weighted by molar-refractivity contribution is 0.0718. The second-order valence-corrected chi connectivity index (χ2v) is 5.76. The van der Waals surface area contributed by atoms with Crippen LogP contribution in [0.25, 0.3) is 0 Å². The minimum atomic E-state index is -0.475. The van der Waals surface area contributed by atoms with Crippen LogP contribution in [0.15, 0.2) is 71.3 Å². The van der Waals surface area contributed by atoms with Crippen molar-refractivity contribution >= 4 is 17.5 Å². The van der Waals surface area contributed by atoms with Crippen LogP contribution in [0.5, 0.6) is 0 Å². The molecule has 24 heavy (non-hydrogen) atoms. The van der Waals surface area contributed by atoms with Crippen LogP contribution < -0.4 is 0 Å². The number of halogens is 2. The van der Waals surface area contributed by atoms with Crippen molar-refractivity contribution in [3.63, 3.8) is 0 Å². The third-order valence-electron chi connectivity index (χ3n) is 3.59. The number of nitrogens with zero attached hydrogens (tertiary/aromatic N) is 1. The van der Waals surface area contributed by atoms with Gasteiger partial charge in [0, 0.05) is 6.54 Å². The van der Waals surface area contributed by atoms with E-state index in [0.717, 1.165) is 11.6 Å². The second kappa shape index (κ2) is 7.32. The third kappa shape index (κ3) is 3.84. The highest BCUT2D eigenvalue weighted by molar-refractivity contribution is 6.33. The fraction of sp³-hybridized carbons (Fsp3) is 0.105. The number of amides is 1. The first-order chi connectivity index (χ1) is 11.6. The van der Waals surface area contributed by atoms with Gasteiger partial charge in [0.25, 0.3) is 5.91 Å². The van der Waals surface area contributed by atoms with E-state index in [9.17, 15) is 9.18 Å². The van der Waals surface area contributed by atoms with E-state index in [-0.39, 0.29) is 16.5 Å². The molecule has 2 aromatic carbocycles. The van der Waals surface area contributed by atoms with Crippen LogP contribution in [-0.2, 0) is 13.1 Å². The van der Waals surface area contributed by atoms with E-state index >= 15 is 0 Å². The Bertz CT molecular complexity index is 819. The van der Waals surface area contributed by atoms with E-state index in [4.69, 9.17) is 16.0 Å². The molecule has 0 saturated carbocycles. The van der Waals surface area contributed by atoms with Crippen molar-refractivity contribution in [3.05, 3.63) is 94.7 Å². The molecular weight excluding hydrogens is 329 g/mol. The number of carbonyl (C=O) groups is 1. The van der Waals surface area contributed by atoms with Crippen LogP contribution in [0.2, 0.25) is 5.02 Å². The molecule has 0 saturated heterocycles. The molecule has 0 N–H and O–H groups in total. The lowest BCUT2D eigenvalue weighted by atomic mass is 10.1. The molecule has 5 heteroatoms. The lowest BCUT2D eigenvalue weighted by Crippen LogP contribution is -2.30. The topological polar surface area (TPSA) is 33.5 Å². The van der Waals surface area contributed by atoms with Crippen LogP contribution in [0.3, 0.4) is 0 Å². The summed E-state index contributed by atoms with van der Waals surface area (Å²) in [5.74, 6) is -0.0880. The number of benzene rings is 2. The lowest BCUT2D eigenvalue weighted by Gasteiger charge is -2.22. The molecule has 0 radical (unpaired) electrons. The van der Waals surface area contributed by atoms with Crippen molar-refractivity contribution < 1.29 is 13.6 Å². The molecule has 1 heterocycles. The highest BCUT2D eigenvalue weighted by atomic mass is 35.5. The summed E-state index contributed by atoms with van der Waals surface area (Å²) in [4.78, 5) is 14.5. The Morgan fingerprint density at radius 3 is 2.50 bits per heavy atom. The second-order valence-electron chi connectivity index (χ2n) is 5.35. The van der Waals surface area contributed by atoms with E-state index < -0.39 is 5.82 Å². The number of hydrogen-bond acceptors (Lipinski definition) is 2. The van der Waals surface area contributed by atoms with E-state index in [2.05, 4.69) is 0 Å². The molecule has 3 aromatic rings. The molecule has 3 rings (SSSR count). The summed E-state index contributed by atoms with van der Waals surface area (Å²) in [6.07, 6.45) is 1.56. The SMILES string of the molecule is O=C(c1ccc(F)cc1Cl)N(Cc1ccccc1)Cc1ccco1. The van der Waals surface area contributed by atoms with E-state index in [1.807, 2.05) is 30.3 Å². The maximum atomic E-state index is 13.2. The maximum absolute atomic E-state index is 13.2. The summed E-state index contributed by atoms with van der Waals surface area (Å²) in [5.41, 5.74) is 1.25. The zero-order valence-corrected chi connectivity index (χ0v) is 13.5. The summed E-state index contributed by atoms with van der Waals surface area (Å²) in [7, 11) is 0. The van der Waals surface area contributed by atoms with E-state index in [1.165, 1.54) is 12.1 Å². The van der Waals surface area contributed by atoms with Crippen LogP contribution >= 0.6 is 11.6 Å². The van der Waals surface area contributed by atoms with Gasteiger partial charge < -0.3 is 9.32 Å². The van der Waals surface area contributed by atoms with Crippen molar-refractivity contribution in [3.8, 4) is 0 Å². The molecule has 3 nitrogen and oxygen atoms in total. The highest BCUT2D eigenvalue weighted by Crippen LogP contribution is 2.21. The van der Waals surface area contributed by atoms with Gasteiger partial charge in [-0.15, -0.1) is 0 Å². The van der Waals surface area contributed by atoms with Gasteiger partial charge in [-0.3, -0.25) is 4.79 Å². The number of carbonyl (C=O) groups excluding carboxylic acids is 1. The summed E-state index contributed by atoms with van der Waals surface area (Å²) >= 11 is 6.04. The van der Waals surface area contributed by atoms with Gasteiger partial charge in [-0.1, -0.05) is 41.9 Å². The maximum Gasteiger partial charge on any atom is 0.256 e. The van der Waals surface area contributed by atoms with Gasteiger partial charge in [0.05, 0.1) is 23.4 Å².